The van der Waals surface area contributed by atoms with Crippen molar-refractivity contribution >= 4 is 26.9 Å². The number of halogens is 1. The van der Waals surface area contributed by atoms with Crippen LogP contribution >= 0.6 is 15.9 Å². The molecule has 0 fully saturated rings. The van der Waals surface area contributed by atoms with E-state index in [9.17, 15) is 9.90 Å². The summed E-state index contributed by atoms with van der Waals surface area (Å²) in [5.74, 6) is 0.359. The second-order valence-electron chi connectivity index (χ2n) is 3.99. The summed E-state index contributed by atoms with van der Waals surface area (Å²) in [7, 11) is 0. The molecule has 0 atom stereocenters. The number of phenolic OH excluding ortho intramolecular Hbond substituents is 1. The molecule has 0 aliphatic carbocycles. The summed E-state index contributed by atoms with van der Waals surface area (Å²) in [6.45, 7) is 4.07. The van der Waals surface area contributed by atoms with Crippen molar-refractivity contribution in [3.05, 3.63) is 33.9 Å². The van der Waals surface area contributed by atoms with Crippen molar-refractivity contribution < 1.29 is 14.3 Å². The molecule has 1 heterocycles. The lowest BCUT2D eigenvalue weighted by molar-refractivity contribution is 0.388. The molecule has 16 heavy (non-hydrogen) atoms. The van der Waals surface area contributed by atoms with Crippen molar-refractivity contribution in [3.8, 4) is 5.75 Å². The first kappa shape index (κ1) is 11.2. The number of hydrogen-bond acceptors (Lipinski definition) is 2. The van der Waals surface area contributed by atoms with E-state index in [4.69, 9.17) is 4.42 Å². The molecule has 0 unspecified atom stereocenters. The summed E-state index contributed by atoms with van der Waals surface area (Å²) in [6.07, 6.45) is 0. The SMILES string of the molecule is CC(C)c1cc(=[OH+])oc2cc(O)c(Br)cc12. The Balaban J connectivity index is 2.90. The zero-order valence-corrected chi connectivity index (χ0v) is 10.6. The summed E-state index contributed by atoms with van der Waals surface area (Å²) in [5, 5.41) is 10.4. The fourth-order valence-corrected chi connectivity index (χ4v) is 2.03. The second kappa shape index (κ2) is 3.94. The molecule has 0 radical (unpaired) electrons. The highest BCUT2D eigenvalue weighted by atomic mass is 79.9. The van der Waals surface area contributed by atoms with Crippen LogP contribution in [0, 0.1) is 0 Å². The molecule has 0 spiro atoms. The summed E-state index contributed by atoms with van der Waals surface area (Å²) in [5.41, 5.74) is 1.32. The Labute approximate surface area is 101 Å². The van der Waals surface area contributed by atoms with Crippen LogP contribution in [-0.2, 0) is 0 Å². The first-order valence-corrected chi connectivity index (χ1v) is 5.76. The molecule has 0 amide bonds. The second-order valence-corrected chi connectivity index (χ2v) is 4.85. The van der Waals surface area contributed by atoms with Crippen LogP contribution in [-0.4, -0.2) is 9.90 Å². The van der Waals surface area contributed by atoms with Gasteiger partial charge in [-0.05, 0) is 33.5 Å². The fraction of sp³-hybridized carbons (Fsp3) is 0.250. The van der Waals surface area contributed by atoms with Crippen molar-refractivity contribution in [1.82, 2.24) is 0 Å². The van der Waals surface area contributed by atoms with Gasteiger partial charge in [0.2, 0.25) is 0 Å². The Bertz CT molecular complexity index is 599. The van der Waals surface area contributed by atoms with Gasteiger partial charge in [-0.1, -0.05) is 13.8 Å². The maximum atomic E-state index is 9.55. The van der Waals surface area contributed by atoms with E-state index in [-0.39, 0.29) is 17.3 Å². The lowest BCUT2D eigenvalue weighted by Gasteiger charge is -2.06. The first-order chi connectivity index (χ1) is 7.49. The number of benzene rings is 1. The minimum absolute atomic E-state index is 0.0940. The number of rotatable bonds is 1. The smallest absolute Gasteiger partial charge is 0.507 e. The van der Waals surface area contributed by atoms with Crippen LogP contribution in [0.25, 0.3) is 11.0 Å². The monoisotopic (exact) mass is 283 g/mol. The standard InChI is InChI=1S/C12H11BrO3/c1-6(2)7-4-12(15)16-11-5-10(14)9(13)3-8(7)11/h3-6,14H,1-2H3/p+1. The van der Waals surface area contributed by atoms with Crippen molar-refractivity contribution in [2.75, 3.05) is 0 Å². The van der Waals surface area contributed by atoms with Crippen LogP contribution in [0.5, 0.6) is 5.75 Å². The lowest BCUT2D eigenvalue weighted by atomic mass is 10.00. The molecule has 0 aliphatic rings. The molecule has 1 aromatic carbocycles. The Morgan fingerprint density at radius 1 is 1.31 bits per heavy atom. The van der Waals surface area contributed by atoms with Gasteiger partial charge in [0.15, 0.2) is 0 Å². The van der Waals surface area contributed by atoms with Crippen LogP contribution in [0.3, 0.4) is 0 Å². The fourth-order valence-electron chi connectivity index (χ4n) is 1.68. The van der Waals surface area contributed by atoms with E-state index in [0.29, 0.717) is 10.1 Å². The van der Waals surface area contributed by atoms with E-state index in [1.807, 2.05) is 13.8 Å². The molecule has 2 N–H and O–H groups in total. The maximum Gasteiger partial charge on any atom is 0.516 e. The van der Waals surface area contributed by atoms with E-state index >= 15 is 0 Å². The van der Waals surface area contributed by atoms with E-state index < -0.39 is 0 Å². The Morgan fingerprint density at radius 3 is 2.62 bits per heavy atom. The van der Waals surface area contributed by atoms with E-state index in [1.165, 1.54) is 6.07 Å². The minimum Gasteiger partial charge on any atom is -0.507 e. The lowest BCUT2D eigenvalue weighted by Crippen LogP contribution is -2.03. The average Bonchev–Trinajstić information content (AvgIpc) is 2.19. The quantitative estimate of drug-likeness (QED) is 0.646. The Hall–Kier alpha value is -1.29. The zero-order chi connectivity index (χ0) is 11.9. The third kappa shape index (κ3) is 1.85. The first-order valence-electron chi connectivity index (χ1n) is 4.97. The van der Waals surface area contributed by atoms with Gasteiger partial charge < -0.3 is 9.90 Å². The maximum absolute atomic E-state index is 9.55. The third-order valence-electron chi connectivity index (χ3n) is 2.48. The average molecular weight is 284 g/mol. The van der Waals surface area contributed by atoms with Crippen molar-refractivity contribution in [3.63, 3.8) is 0 Å². The molecule has 0 saturated heterocycles. The molecule has 3 nitrogen and oxygen atoms in total. The third-order valence-corrected chi connectivity index (χ3v) is 3.11. The van der Waals surface area contributed by atoms with Gasteiger partial charge >= 0.3 is 5.63 Å². The van der Waals surface area contributed by atoms with Crippen LogP contribution < -0.4 is 5.63 Å². The van der Waals surface area contributed by atoms with Crippen molar-refractivity contribution in [2.24, 2.45) is 0 Å². The van der Waals surface area contributed by atoms with Gasteiger partial charge in [-0.25, -0.2) is 0 Å². The number of aromatic hydroxyl groups is 1. The normalized spacial score (nSPS) is 11.2. The number of hydrogen-bond donors (Lipinski definition) is 1. The molecule has 0 aliphatic heterocycles. The highest BCUT2D eigenvalue weighted by molar-refractivity contribution is 9.10. The van der Waals surface area contributed by atoms with E-state index in [2.05, 4.69) is 15.9 Å². The van der Waals surface area contributed by atoms with Crippen LogP contribution in [0.4, 0.5) is 0 Å². The molecule has 2 rings (SSSR count). The minimum atomic E-state index is -0.141. The van der Waals surface area contributed by atoms with Crippen molar-refractivity contribution in [1.29, 1.82) is 0 Å². The summed E-state index contributed by atoms with van der Waals surface area (Å²) >= 11 is 3.26. The van der Waals surface area contributed by atoms with Gasteiger partial charge in [-0.3, -0.25) is 4.42 Å². The van der Waals surface area contributed by atoms with Crippen molar-refractivity contribution in [2.45, 2.75) is 19.8 Å². The molecule has 0 bridgehead atoms. The molecule has 1 aromatic heterocycles. The summed E-state index contributed by atoms with van der Waals surface area (Å²) < 4.78 is 5.78. The summed E-state index contributed by atoms with van der Waals surface area (Å²) in [6, 6.07) is 4.89. The molecule has 84 valence electrons. The van der Waals surface area contributed by atoms with Crippen LogP contribution in [0.2, 0.25) is 0 Å². The van der Waals surface area contributed by atoms with Gasteiger partial charge in [-0.15, -0.1) is 0 Å². The van der Waals surface area contributed by atoms with E-state index in [0.717, 1.165) is 10.9 Å². The molecule has 4 heteroatoms. The molecule has 0 saturated carbocycles. The molecule has 2 aromatic rings. The Morgan fingerprint density at radius 2 is 2.00 bits per heavy atom. The van der Waals surface area contributed by atoms with Gasteiger partial charge in [0.05, 0.1) is 22.0 Å². The predicted octanol–water partition coefficient (Wildman–Crippen LogP) is 3.03. The van der Waals surface area contributed by atoms with Gasteiger partial charge in [0.1, 0.15) is 5.75 Å². The Kier molecular flexibility index (Phi) is 2.76. The van der Waals surface area contributed by atoms with Crippen LogP contribution in [0.15, 0.2) is 27.1 Å². The largest absolute Gasteiger partial charge is 0.516 e. The highest BCUT2D eigenvalue weighted by Crippen LogP contribution is 2.32. The van der Waals surface area contributed by atoms with Gasteiger partial charge in [-0.2, -0.15) is 0 Å². The number of phenols is 1. The number of fused-ring (bicyclic) bond motifs is 1. The topological polar surface area (TPSA) is 54.8 Å². The highest BCUT2D eigenvalue weighted by Gasteiger charge is 2.15. The van der Waals surface area contributed by atoms with Gasteiger partial charge in [0.25, 0.3) is 5.58 Å². The zero-order valence-electron chi connectivity index (χ0n) is 8.99. The van der Waals surface area contributed by atoms with Gasteiger partial charge in [0, 0.05) is 0 Å². The van der Waals surface area contributed by atoms with E-state index in [1.54, 1.807) is 12.1 Å². The summed E-state index contributed by atoms with van der Waals surface area (Å²) in [4.78, 5) is 9.46. The molecular formula is C12H12BrO3+. The van der Waals surface area contributed by atoms with Crippen LogP contribution in [0.1, 0.15) is 25.3 Å². The predicted molar refractivity (Wildman–Crippen MR) is 64.7 cm³/mol. The molecular weight excluding hydrogens is 272 g/mol.